The molecule has 1 aliphatic rings. The van der Waals surface area contributed by atoms with Crippen molar-refractivity contribution < 1.29 is 4.74 Å². The van der Waals surface area contributed by atoms with Crippen LogP contribution in [-0.2, 0) is 4.74 Å². The lowest BCUT2D eigenvalue weighted by Gasteiger charge is -2.40. The Morgan fingerprint density at radius 3 is 2.57 bits per heavy atom. The summed E-state index contributed by atoms with van der Waals surface area (Å²) in [7, 11) is 0. The molecule has 3 N–H and O–H groups in total. The highest BCUT2D eigenvalue weighted by Crippen LogP contribution is 2.24. The monoisotopic (exact) mass is 200 g/mol. The number of hydrogen-bond acceptors (Lipinski definition) is 3. The second-order valence-electron chi connectivity index (χ2n) is 4.91. The first-order valence-corrected chi connectivity index (χ1v) is 5.67. The van der Waals surface area contributed by atoms with Crippen LogP contribution in [0.2, 0.25) is 0 Å². The van der Waals surface area contributed by atoms with Gasteiger partial charge in [-0.2, -0.15) is 0 Å². The average Bonchev–Trinajstić information content (AvgIpc) is 2.08. The standard InChI is InChI=1S/C11H24N2O/c1-10(2)4-3-5-13-7-11(6-12)8-14-9-11/h10,13H,3-9,12H2,1-2H3. The predicted octanol–water partition coefficient (Wildman–Crippen LogP) is 0.988. The van der Waals surface area contributed by atoms with Gasteiger partial charge in [-0.25, -0.2) is 0 Å². The van der Waals surface area contributed by atoms with Gasteiger partial charge in [-0.3, -0.25) is 0 Å². The van der Waals surface area contributed by atoms with Gasteiger partial charge in [0.05, 0.1) is 13.2 Å². The van der Waals surface area contributed by atoms with Crippen LogP contribution in [-0.4, -0.2) is 32.8 Å². The zero-order chi connectivity index (χ0) is 10.4. The molecule has 0 aromatic rings. The SMILES string of the molecule is CC(C)CCCNCC1(CN)COC1. The van der Waals surface area contributed by atoms with Gasteiger partial charge in [-0.05, 0) is 25.3 Å². The molecular weight excluding hydrogens is 176 g/mol. The summed E-state index contributed by atoms with van der Waals surface area (Å²) in [5, 5.41) is 3.47. The fourth-order valence-corrected chi connectivity index (χ4v) is 1.67. The van der Waals surface area contributed by atoms with Gasteiger partial charge >= 0.3 is 0 Å². The molecule has 14 heavy (non-hydrogen) atoms. The Morgan fingerprint density at radius 2 is 2.14 bits per heavy atom. The smallest absolute Gasteiger partial charge is 0.0569 e. The van der Waals surface area contributed by atoms with Gasteiger partial charge in [0, 0.05) is 18.5 Å². The predicted molar refractivity (Wildman–Crippen MR) is 59.2 cm³/mol. The van der Waals surface area contributed by atoms with Crippen molar-refractivity contribution in [1.82, 2.24) is 5.32 Å². The first-order chi connectivity index (χ1) is 6.68. The lowest BCUT2D eigenvalue weighted by atomic mass is 9.86. The van der Waals surface area contributed by atoms with Crippen LogP contribution in [0.4, 0.5) is 0 Å². The molecule has 0 radical (unpaired) electrons. The number of nitrogens with two attached hydrogens (primary N) is 1. The molecule has 1 heterocycles. The molecule has 0 aliphatic carbocycles. The summed E-state index contributed by atoms with van der Waals surface area (Å²) < 4.78 is 5.20. The molecule has 1 fully saturated rings. The Kier molecular flexibility index (Phi) is 4.85. The summed E-state index contributed by atoms with van der Waals surface area (Å²) in [4.78, 5) is 0. The van der Waals surface area contributed by atoms with Crippen LogP contribution in [0.1, 0.15) is 26.7 Å². The van der Waals surface area contributed by atoms with Crippen LogP contribution in [0, 0.1) is 11.3 Å². The van der Waals surface area contributed by atoms with E-state index in [2.05, 4.69) is 19.2 Å². The summed E-state index contributed by atoms with van der Waals surface area (Å²) in [6, 6.07) is 0. The molecule has 1 rings (SSSR count). The molecule has 3 nitrogen and oxygen atoms in total. The maximum Gasteiger partial charge on any atom is 0.0569 e. The Morgan fingerprint density at radius 1 is 1.43 bits per heavy atom. The van der Waals surface area contributed by atoms with Gasteiger partial charge in [0.25, 0.3) is 0 Å². The topological polar surface area (TPSA) is 47.3 Å². The Labute approximate surface area is 87.4 Å². The molecule has 0 saturated carbocycles. The van der Waals surface area contributed by atoms with Crippen molar-refractivity contribution >= 4 is 0 Å². The van der Waals surface area contributed by atoms with Crippen molar-refractivity contribution in [3.63, 3.8) is 0 Å². The third-order valence-electron chi connectivity index (χ3n) is 2.88. The van der Waals surface area contributed by atoms with Gasteiger partial charge in [0.15, 0.2) is 0 Å². The van der Waals surface area contributed by atoms with E-state index in [0.717, 1.165) is 38.8 Å². The number of hydrogen-bond donors (Lipinski definition) is 2. The highest BCUT2D eigenvalue weighted by atomic mass is 16.5. The molecule has 0 bridgehead atoms. The van der Waals surface area contributed by atoms with Crippen LogP contribution in [0.15, 0.2) is 0 Å². The van der Waals surface area contributed by atoms with Gasteiger partial charge in [-0.1, -0.05) is 13.8 Å². The Balaban J connectivity index is 1.97. The molecule has 84 valence electrons. The summed E-state index contributed by atoms with van der Waals surface area (Å²) in [5.41, 5.74) is 5.96. The van der Waals surface area contributed by atoms with Crippen molar-refractivity contribution in [1.29, 1.82) is 0 Å². The van der Waals surface area contributed by atoms with Gasteiger partial charge in [0.2, 0.25) is 0 Å². The molecule has 0 amide bonds. The molecule has 3 heteroatoms. The molecule has 1 saturated heterocycles. The molecule has 1 aliphatic heterocycles. The van der Waals surface area contributed by atoms with E-state index in [0.29, 0.717) is 0 Å². The summed E-state index contributed by atoms with van der Waals surface area (Å²) in [5.74, 6) is 0.812. The average molecular weight is 200 g/mol. The lowest BCUT2D eigenvalue weighted by molar-refractivity contribution is -0.104. The van der Waals surface area contributed by atoms with Gasteiger partial charge in [0.1, 0.15) is 0 Å². The lowest BCUT2D eigenvalue weighted by Crippen LogP contribution is -2.54. The maximum atomic E-state index is 5.71. The minimum atomic E-state index is 0.248. The van der Waals surface area contributed by atoms with E-state index in [1.165, 1.54) is 12.8 Å². The maximum absolute atomic E-state index is 5.71. The number of nitrogens with one attached hydrogen (secondary N) is 1. The van der Waals surface area contributed by atoms with E-state index in [-0.39, 0.29) is 5.41 Å². The third kappa shape index (κ3) is 3.56. The molecule has 0 spiro atoms. The minimum absolute atomic E-state index is 0.248. The highest BCUT2D eigenvalue weighted by Gasteiger charge is 2.36. The summed E-state index contributed by atoms with van der Waals surface area (Å²) >= 11 is 0. The van der Waals surface area contributed by atoms with Crippen molar-refractivity contribution in [3.05, 3.63) is 0 Å². The largest absolute Gasteiger partial charge is 0.380 e. The van der Waals surface area contributed by atoms with E-state index in [1.54, 1.807) is 0 Å². The van der Waals surface area contributed by atoms with Gasteiger partial charge < -0.3 is 15.8 Å². The van der Waals surface area contributed by atoms with Crippen molar-refractivity contribution in [2.24, 2.45) is 17.1 Å². The highest BCUT2D eigenvalue weighted by molar-refractivity contribution is 4.88. The molecular formula is C11H24N2O. The van der Waals surface area contributed by atoms with Crippen LogP contribution >= 0.6 is 0 Å². The van der Waals surface area contributed by atoms with E-state index >= 15 is 0 Å². The molecule has 0 aromatic carbocycles. The van der Waals surface area contributed by atoms with E-state index < -0.39 is 0 Å². The third-order valence-corrected chi connectivity index (χ3v) is 2.88. The van der Waals surface area contributed by atoms with Crippen molar-refractivity contribution in [2.45, 2.75) is 26.7 Å². The number of rotatable bonds is 7. The first kappa shape index (κ1) is 12.0. The van der Waals surface area contributed by atoms with E-state index in [4.69, 9.17) is 10.5 Å². The Hall–Kier alpha value is -0.120. The number of ether oxygens (including phenoxy) is 1. The van der Waals surface area contributed by atoms with E-state index in [1.807, 2.05) is 0 Å². The summed E-state index contributed by atoms with van der Waals surface area (Å²) in [6.07, 6.45) is 2.57. The van der Waals surface area contributed by atoms with Gasteiger partial charge in [-0.15, -0.1) is 0 Å². The quantitative estimate of drug-likeness (QED) is 0.602. The zero-order valence-corrected chi connectivity index (χ0v) is 9.51. The molecule has 0 aromatic heterocycles. The van der Waals surface area contributed by atoms with E-state index in [9.17, 15) is 0 Å². The van der Waals surface area contributed by atoms with Crippen LogP contribution < -0.4 is 11.1 Å². The van der Waals surface area contributed by atoms with Crippen molar-refractivity contribution in [2.75, 3.05) is 32.8 Å². The van der Waals surface area contributed by atoms with Crippen LogP contribution in [0.5, 0.6) is 0 Å². The second kappa shape index (κ2) is 5.69. The molecule has 0 unspecified atom stereocenters. The first-order valence-electron chi connectivity index (χ1n) is 5.67. The Bertz CT molecular complexity index is 150. The zero-order valence-electron chi connectivity index (χ0n) is 9.51. The second-order valence-corrected chi connectivity index (χ2v) is 4.91. The normalized spacial score (nSPS) is 19.7. The minimum Gasteiger partial charge on any atom is -0.380 e. The molecule has 0 atom stereocenters. The fourth-order valence-electron chi connectivity index (χ4n) is 1.67. The van der Waals surface area contributed by atoms with Crippen LogP contribution in [0.3, 0.4) is 0 Å². The van der Waals surface area contributed by atoms with Crippen molar-refractivity contribution in [3.8, 4) is 0 Å². The summed E-state index contributed by atoms with van der Waals surface area (Å²) in [6.45, 7) is 9.06. The van der Waals surface area contributed by atoms with Crippen LogP contribution in [0.25, 0.3) is 0 Å². The fraction of sp³-hybridized carbons (Fsp3) is 1.00.